The number of anilines is 1. The minimum atomic E-state index is -2.42. The van der Waals surface area contributed by atoms with Gasteiger partial charge in [0.05, 0.1) is 18.1 Å². The second-order valence-electron chi connectivity index (χ2n) is 6.81. The van der Waals surface area contributed by atoms with Gasteiger partial charge in [-0.2, -0.15) is 10.5 Å². The first-order chi connectivity index (χ1) is 13.9. The van der Waals surface area contributed by atoms with E-state index in [1.165, 1.54) is 0 Å². The molecule has 3 rings (SSSR count). The number of pyridine rings is 2. The number of rotatable bonds is 6. The lowest BCUT2D eigenvalue weighted by molar-refractivity contribution is 0.147. The van der Waals surface area contributed by atoms with Gasteiger partial charge < -0.3 is 5.32 Å². The van der Waals surface area contributed by atoms with E-state index in [4.69, 9.17) is 16.9 Å². The molecule has 0 aromatic carbocycles. The highest BCUT2D eigenvalue weighted by molar-refractivity contribution is 6.30. The van der Waals surface area contributed by atoms with Gasteiger partial charge in [0.25, 0.3) is 0 Å². The minimum absolute atomic E-state index is 0.0984. The molecular formula is C20H19ClF2N6. The number of hydrogen-bond donors (Lipinski definition) is 1. The van der Waals surface area contributed by atoms with Crippen molar-refractivity contribution in [1.29, 1.82) is 10.5 Å². The van der Waals surface area contributed by atoms with Gasteiger partial charge >= 0.3 is 0 Å². The van der Waals surface area contributed by atoms with Gasteiger partial charge in [0, 0.05) is 36.6 Å². The van der Waals surface area contributed by atoms with Crippen molar-refractivity contribution in [3.05, 3.63) is 50.9 Å². The fourth-order valence-electron chi connectivity index (χ4n) is 3.50. The zero-order valence-electron chi connectivity index (χ0n) is 15.8. The van der Waals surface area contributed by atoms with Crippen LogP contribution in [0.15, 0.2) is 12.1 Å². The Labute approximate surface area is 172 Å². The van der Waals surface area contributed by atoms with Crippen LogP contribution in [0.1, 0.15) is 33.6 Å². The van der Waals surface area contributed by atoms with Crippen molar-refractivity contribution in [3.8, 4) is 12.1 Å². The molecule has 1 aliphatic heterocycles. The van der Waals surface area contributed by atoms with E-state index in [9.17, 15) is 14.0 Å². The minimum Gasteiger partial charge on any atom is -0.357 e. The zero-order chi connectivity index (χ0) is 21.0. The summed E-state index contributed by atoms with van der Waals surface area (Å²) in [6, 6.07) is 7.61. The van der Waals surface area contributed by atoms with Crippen LogP contribution >= 0.6 is 11.6 Å². The highest BCUT2D eigenvalue weighted by atomic mass is 35.5. The van der Waals surface area contributed by atoms with Crippen molar-refractivity contribution in [2.45, 2.75) is 39.3 Å². The average Bonchev–Trinajstić information content (AvgIpc) is 2.67. The molecule has 6 nitrogen and oxygen atoms in total. The van der Waals surface area contributed by atoms with Crippen LogP contribution in [0.3, 0.4) is 0 Å². The number of hydrogen-bond acceptors (Lipinski definition) is 6. The summed E-state index contributed by atoms with van der Waals surface area (Å²) in [6.45, 7) is 3.72. The van der Waals surface area contributed by atoms with Gasteiger partial charge in [-0.1, -0.05) is 17.7 Å². The highest BCUT2D eigenvalue weighted by Gasteiger charge is 2.25. The third-order valence-corrected chi connectivity index (χ3v) is 5.16. The third-order valence-electron chi connectivity index (χ3n) is 4.88. The molecule has 2 aromatic rings. The van der Waals surface area contributed by atoms with E-state index in [1.807, 2.05) is 19.1 Å². The molecular weight excluding hydrogens is 398 g/mol. The van der Waals surface area contributed by atoms with Gasteiger partial charge in [0.15, 0.2) is 0 Å². The average molecular weight is 417 g/mol. The number of nitriles is 2. The molecule has 9 heteroatoms. The van der Waals surface area contributed by atoms with Gasteiger partial charge in [-0.15, -0.1) is 0 Å². The Morgan fingerprint density at radius 2 is 2.07 bits per heavy atom. The number of aryl methyl sites for hydroxylation is 1. The largest absolute Gasteiger partial charge is 0.357 e. The van der Waals surface area contributed by atoms with Crippen LogP contribution < -0.4 is 5.32 Å². The van der Waals surface area contributed by atoms with Crippen molar-refractivity contribution in [3.63, 3.8) is 0 Å². The highest BCUT2D eigenvalue weighted by Crippen LogP contribution is 2.32. The smallest absolute Gasteiger partial charge is 0.244 e. The van der Waals surface area contributed by atoms with Crippen molar-refractivity contribution >= 4 is 17.4 Å². The Kier molecular flexibility index (Phi) is 6.58. The molecule has 1 N–H and O–H groups in total. The van der Waals surface area contributed by atoms with Gasteiger partial charge in [-0.25, -0.2) is 13.8 Å². The fourth-order valence-corrected chi connectivity index (χ4v) is 3.74. The summed E-state index contributed by atoms with van der Waals surface area (Å²) in [5.41, 5.74) is 4.10. The number of fused-ring (bicyclic) bond motifs is 1. The van der Waals surface area contributed by atoms with Crippen LogP contribution in [-0.4, -0.2) is 34.4 Å². The summed E-state index contributed by atoms with van der Waals surface area (Å²) < 4.78 is 25.1. The maximum atomic E-state index is 12.6. The van der Waals surface area contributed by atoms with E-state index in [1.54, 1.807) is 6.07 Å². The predicted molar refractivity (Wildman–Crippen MR) is 105 cm³/mol. The van der Waals surface area contributed by atoms with E-state index in [0.29, 0.717) is 36.6 Å². The second kappa shape index (κ2) is 9.13. The quantitative estimate of drug-likeness (QED) is 0.571. The Morgan fingerprint density at radius 3 is 2.72 bits per heavy atom. The molecule has 0 saturated heterocycles. The van der Waals surface area contributed by atoms with Crippen molar-refractivity contribution < 1.29 is 8.78 Å². The van der Waals surface area contributed by atoms with E-state index < -0.39 is 6.43 Å². The summed E-state index contributed by atoms with van der Waals surface area (Å²) in [6.07, 6.45) is -2.12. The topological polar surface area (TPSA) is 88.6 Å². The molecule has 29 heavy (non-hydrogen) atoms. The molecule has 0 atom stereocenters. The Bertz CT molecular complexity index is 996. The first-order valence-corrected chi connectivity index (χ1v) is 9.48. The van der Waals surface area contributed by atoms with Gasteiger partial charge in [-0.3, -0.25) is 9.88 Å². The molecule has 150 valence electrons. The number of aromatic nitrogens is 2. The Morgan fingerprint density at radius 1 is 1.28 bits per heavy atom. The zero-order valence-corrected chi connectivity index (χ0v) is 16.6. The normalized spacial score (nSPS) is 13.6. The SMILES string of the molecule is Cc1nc(CC(F)F)ccc1CN1CCc2c(NCC#N)nc(Cl)c(C#N)c2C1. The molecule has 0 amide bonds. The Hall–Kier alpha value is -2.81. The van der Waals surface area contributed by atoms with Crippen molar-refractivity contribution in [1.82, 2.24) is 14.9 Å². The molecule has 0 saturated carbocycles. The molecule has 0 radical (unpaired) electrons. The predicted octanol–water partition coefficient (Wildman–Crippen LogP) is 3.61. The summed E-state index contributed by atoms with van der Waals surface area (Å²) in [7, 11) is 0. The summed E-state index contributed by atoms with van der Waals surface area (Å²) in [5.74, 6) is 0.541. The molecule has 3 heterocycles. The first-order valence-electron chi connectivity index (χ1n) is 9.11. The standard InChI is InChI=1S/C20H19ClF2N6/c1-12-13(2-3-14(27-12)8-18(22)23)10-29-7-4-15-17(11-29)16(9-25)19(21)28-20(15)26-6-5-24/h2-3,18H,4,6-8,10-11H2,1H3,(H,26,28). The van der Waals surface area contributed by atoms with Crippen LogP contribution in [0.5, 0.6) is 0 Å². The maximum absolute atomic E-state index is 12.6. The first kappa shape index (κ1) is 20.9. The van der Waals surface area contributed by atoms with E-state index in [-0.39, 0.29) is 18.1 Å². The Balaban J connectivity index is 1.83. The van der Waals surface area contributed by atoms with Gasteiger partial charge in [0.2, 0.25) is 6.43 Å². The van der Waals surface area contributed by atoms with Crippen molar-refractivity contribution in [2.75, 3.05) is 18.4 Å². The van der Waals surface area contributed by atoms with Crippen LogP contribution in [0.4, 0.5) is 14.6 Å². The van der Waals surface area contributed by atoms with Crippen LogP contribution in [0.2, 0.25) is 5.15 Å². The molecule has 0 unspecified atom stereocenters. The summed E-state index contributed by atoms with van der Waals surface area (Å²) in [5, 5.41) is 21.4. The fraction of sp³-hybridized carbons (Fsp3) is 0.400. The molecule has 0 spiro atoms. The monoisotopic (exact) mass is 416 g/mol. The van der Waals surface area contributed by atoms with Crippen molar-refractivity contribution in [2.24, 2.45) is 0 Å². The number of nitrogens with one attached hydrogen (secondary N) is 1. The molecule has 0 bridgehead atoms. The van der Waals surface area contributed by atoms with Crippen LogP contribution in [-0.2, 0) is 25.9 Å². The maximum Gasteiger partial charge on any atom is 0.244 e. The number of nitrogens with zero attached hydrogens (tertiary/aromatic N) is 5. The number of halogens is 3. The molecule has 2 aromatic heterocycles. The summed E-state index contributed by atoms with van der Waals surface area (Å²) >= 11 is 6.19. The summed E-state index contributed by atoms with van der Waals surface area (Å²) in [4.78, 5) is 10.7. The lowest BCUT2D eigenvalue weighted by Gasteiger charge is -2.31. The second-order valence-corrected chi connectivity index (χ2v) is 7.17. The van der Waals surface area contributed by atoms with Gasteiger partial charge in [0.1, 0.15) is 23.6 Å². The van der Waals surface area contributed by atoms with E-state index >= 15 is 0 Å². The van der Waals surface area contributed by atoms with Crippen LogP contribution in [0, 0.1) is 29.6 Å². The number of alkyl halides is 2. The molecule has 1 aliphatic rings. The lowest BCUT2D eigenvalue weighted by Crippen LogP contribution is -2.32. The molecule has 0 aliphatic carbocycles. The lowest BCUT2D eigenvalue weighted by atomic mass is 9.96. The van der Waals surface area contributed by atoms with Gasteiger partial charge in [-0.05, 0) is 30.5 Å². The van der Waals surface area contributed by atoms with E-state index in [0.717, 1.165) is 28.9 Å². The van der Waals surface area contributed by atoms with E-state index in [2.05, 4.69) is 26.3 Å². The third kappa shape index (κ3) is 4.79. The van der Waals surface area contributed by atoms with Crippen LogP contribution in [0.25, 0.3) is 0 Å². The molecule has 0 fully saturated rings.